The Balaban J connectivity index is 2.20. The Hall–Kier alpha value is -1.18. The molecule has 0 spiro atoms. The van der Waals surface area contributed by atoms with Crippen LogP contribution in [-0.4, -0.2) is 19.4 Å². The molecule has 1 heterocycles. The van der Waals surface area contributed by atoms with Gasteiger partial charge in [-0.1, -0.05) is 20.3 Å². The van der Waals surface area contributed by atoms with Crippen molar-refractivity contribution in [1.82, 2.24) is 9.71 Å². The van der Waals surface area contributed by atoms with E-state index in [-0.39, 0.29) is 16.8 Å². The van der Waals surface area contributed by atoms with Crippen LogP contribution in [0.2, 0.25) is 0 Å². The number of pyridine rings is 1. The molecule has 1 aliphatic rings. The van der Waals surface area contributed by atoms with Crippen LogP contribution in [0.15, 0.2) is 23.2 Å². The summed E-state index contributed by atoms with van der Waals surface area (Å²) in [6.45, 7) is 4.26. The van der Waals surface area contributed by atoms with E-state index < -0.39 is 10.0 Å². The maximum Gasteiger partial charge on any atom is 0.244 e. The topological polar surface area (TPSA) is 97.1 Å². The zero-order valence-electron chi connectivity index (χ0n) is 11.8. The van der Waals surface area contributed by atoms with Crippen molar-refractivity contribution in [2.45, 2.75) is 44.0 Å². The second-order valence-electron chi connectivity index (χ2n) is 5.33. The summed E-state index contributed by atoms with van der Waals surface area (Å²) in [7, 11) is -3.61. The summed E-state index contributed by atoms with van der Waals surface area (Å²) in [6.07, 6.45) is 4.53. The van der Waals surface area contributed by atoms with Crippen LogP contribution in [0.5, 0.6) is 0 Å². The van der Waals surface area contributed by atoms with Gasteiger partial charge in [0.25, 0.3) is 0 Å². The van der Waals surface area contributed by atoms with Crippen LogP contribution in [-0.2, 0) is 10.0 Å². The van der Waals surface area contributed by atoms with Gasteiger partial charge in [-0.2, -0.15) is 0 Å². The number of sulfonamides is 1. The van der Waals surface area contributed by atoms with Crippen LogP contribution in [0, 0.1) is 11.8 Å². The zero-order valence-corrected chi connectivity index (χ0v) is 12.7. The van der Waals surface area contributed by atoms with Crippen molar-refractivity contribution in [1.29, 1.82) is 0 Å². The SMILES string of the molecule is CCC1CCC(NS(=O)(=O)c2cccnc2NN)C1C. The molecule has 3 unspecified atom stereocenters. The minimum Gasteiger partial charge on any atom is -0.307 e. The molecule has 0 saturated heterocycles. The number of nitrogens with one attached hydrogen (secondary N) is 2. The number of hydrazine groups is 1. The summed E-state index contributed by atoms with van der Waals surface area (Å²) in [5.74, 6) is 6.42. The lowest BCUT2D eigenvalue weighted by atomic mass is 9.94. The number of nitrogen functional groups attached to an aromatic ring is 1. The summed E-state index contributed by atoms with van der Waals surface area (Å²) < 4.78 is 27.7. The number of aromatic nitrogens is 1. The molecule has 0 aromatic carbocycles. The molecule has 1 saturated carbocycles. The summed E-state index contributed by atoms with van der Waals surface area (Å²) in [5, 5.41) is 0. The number of nitrogens with two attached hydrogens (primary N) is 1. The van der Waals surface area contributed by atoms with Crippen LogP contribution >= 0.6 is 0 Å². The largest absolute Gasteiger partial charge is 0.307 e. The van der Waals surface area contributed by atoms with E-state index in [1.165, 1.54) is 12.3 Å². The van der Waals surface area contributed by atoms with Crippen molar-refractivity contribution in [2.75, 3.05) is 5.43 Å². The average Bonchev–Trinajstić information content (AvgIpc) is 2.79. The number of nitrogens with zero attached hydrogens (tertiary/aromatic N) is 1. The Bertz CT molecular complexity index is 561. The predicted octanol–water partition coefficient (Wildman–Crippen LogP) is 1.47. The van der Waals surface area contributed by atoms with Crippen LogP contribution in [0.3, 0.4) is 0 Å². The van der Waals surface area contributed by atoms with Gasteiger partial charge >= 0.3 is 0 Å². The van der Waals surface area contributed by atoms with Gasteiger partial charge in [0.15, 0.2) is 5.82 Å². The molecular weight excluding hydrogens is 276 g/mol. The fourth-order valence-electron chi connectivity index (χ4n) is 2.97. The van der Waals surface area contributed by atoms with Gasteiger partial charge in [-0.15, -0.1) is 0 Å². The molecule has 0 aliphatic heterocycles. The molecule has 1 aromatic rings. The monoisotopic (exact) mass is 298 g/mol. The van der Waals surface area contributed by atoms with Crippen LogP contribution in [0.4, 0.5) is 5.82 Å². The van der Waals surface area contributed by atoms with Gasteiger partial charge in [-0.05, 0) is 36.8 Å². The number of hydrogen-bond acceptors (Lipinski definition) is 5. The molecule has 20 heavy (non-hydrogen) atoms. The highest BCUT2D eigenvalue weighted by atomic mass is 32.2. The van der Waals surface area contributed by atoms with Crippen molar-refractivity contribution >= 4 is 15.8 Å². The highest BCUT2D eigenvalue weighted by Crippen LogP contribution is 2.34. The number of rotatable bonds is 5. The summed E-state index contributed by atoms with van der Waals surface area (Å²) in [5.41, 5.74) is 2.33. The zero-order chi connectivity index (χ0) is 14.8. The van der Waals surface area contributed by atoms with Crippen LogP contribution < -0.4 is 16.0 Å². The summed E-state index contributed by atoms with van der Waals surface area (Å²) in [4.78, 5) is 4.03. The number of hydrogen-bond donors (Lipinski definition) is 3. The van der Waals surface area contributed by atoms with E-state index in [0.717, 1.165) is 19.3 Å². The third kappa shape index (κ3) is 2.94. The Labute approximate surface area is 120 Å². The molecule has 0 amide bonds. The van der Waals surface area contributed by atoms with Gasteiger partial charge in [-0.25, -0.2) is 24.0 Å². The third-order valence-electron chi connectivity index (χ3n) is 4.25. The van der Waals surface area contributed by atoms with Gasteiger partial charge in [0.1, 0.15) is 4.90 Å². The maximum absolute atomic E-state index is 12.5. The lowest BCUT2D eigenvalue weighted by Crippen LogP contribution is -2.38. The molecule has 0 bridgehead atoms. The first-order valence-corrected chi connectivity index (χ1v) is 8.42. The third-order valence-corrected chi connectivity index (χ3v) is 5.78. The fourth-order valence-corrected chi connectivity index (χ4v) is 4.45. The Morgan fingerprint density at radius 1 is 1.45 bits per heavy atom. The minimum absolute atomic E-state index is 0.0178. The summed E-state index contributed by atoms with van der Waals surface area (Å²) >= 11 is 0. The molecule has 1 aliphatic carbocycles. The number of anilines is 1. The van der Waals surface area contributed by atoms with E-state index >= 15 is 0 Å². The first kappa shape index (κ1) is 15.2. The average molecular weight is 298 g/mol. The lowest BCUT2D eigenvalue weighted by molar-refractivity contribution is 0.368. The second-order valence-corrected chi connectivity index (χ2v) is 7.01. The molecule has 3 atom stereocenters. The molecule has 112 valence electrons. The van der Waals surface area contributed by atoms with Gasteiger partial charge in [0.05, 0.1) is 0 Å². The van der Waals surface area contributed by atoms with Crippen molar-refractivity contribution in [3.05, 3.63) is 18.3 Å². The van der Waals surface area contributed by atoms with Crippen molar-refractivity contribution in [2.24, 2.45) is 17.7 Å². The van der Waals surface area contributed by atoms with Gasteiger partial charge < -0.3 is 5.43 Å². The Morgan fingerprint density at radius 3 is 2.80 bits per heavy atom. The standard InChI is InChI=1S/C13H22N4O2S/c1-3-10-6-7-11(9(10)2)17-20(18,19)12-5-4-8-15-13(12)16-14/h4-5,8-11,17H,3,6-7,14H2,1-2H3,(H,15,16). The van der Waals surface area contributed by atoms with E-state index in [9.17, 15) is 8.42 Å². The van der Waals surface area contributed by atoms with E-state index in [4.69, 9.17) is 5.84 Å². The normalized spacial score (nSPS) is 26.6. The molecular formula is C13H22N4O2S. The quantitative estimate of drug-likeness (QED) is 0.565. The van der Waals surface area contributed by atoms with Crippen molar-refractivity contribution in [3.63, 3.8) is 0 Å². The molecule has 1 fully saturated rings. The van der Waals surface area contributed by atoms with Crippen molar-refractivity contribution < 1.29 is 8.42 Å². The molecule has 2 rings (SSSR count). The second kappa shape index (κ2) is 6.07. The molecule has 1 aromatic heterocycles. The maximum atomic E-state index is 12.5. The molecule has 7 heteroatoms. The smallest absolute Gasteiger partial charge is 0.244 e. The van der Waals surface area contributed by atoms with Gasteiger partial charge in [0.2, 0.25) is 10.0 Å². The minimum atomic E-state index is -3.61. The first-order chi connectivity index (χ1) is 9.49. The molecule has 4 N–H and O–H groups in total. The van der Waals surface area contributed by atoms with E-state index in [0.29, 0.717) is 11.8 Å². The van der Waals surface area contributed by atoms with Crippen molar-refractivity contribution in [3.8, 4) is 0 Å². The van der Waals surface area contributed by atoms with E-state index in [1.54, 1.807) is 6.07 Å². The Kier molecular flexibility index (Phi) is 4.62. The first-order valence-electron chi connectivity index (χ1n) is 6.93. The van der Waals surface area contributed by atoms with Gasteiger partial charge in [-0.3, -0.25) is 0 Å². The molecule has 6 nitrogen and oxygen atoms in total. The Morgan fingerprint density at radius 2 is 2.20 bits per heavy atom. The van der Waals surface area contributed by atoms with E-state index in [2.05, 4.69) is 29.0 Å². The van der Waals surface area contributed by atoms with Crippen LogP contribution in [0.1, 0.15) is 33.1 Å². The summed E-state index contributed by atoms with van der Waals surface area (Å²) in [6, 6.07) is 3.07. The highest BCUT2D eigenvalue weighted by Gasteiger charge is 2.35. The van der Waals surface area contributed by atoms with E-state index in [1.807, 2.05) is 0 Å². The van der Waals surface area contributed by atoms with Crippen LogP contribution in [0.25, 0.3) is 0 Å². The fraction of sp³-hybridized carbons (Fsp3) is 0.615. The van der Waals surface area contributed by atoms with Gasteiger partial charge in [0, 0.05) is 12.2 Å². The molecule has 0 radical (unpaired) electrons. The lowest BCUT2D eigenvalue weighted by Gasteiger charge is -2.21. The predicted molar refractivity (Wildman–Crippen MR) is 78.3 cm³/mol. The highest BCUT2D eigenvalue weighted by molar-refractivity contribution is 7.89.